The third kappa shape index (κ3) is 3.02. The summed E-state index contributed by atoms with van der Waals surface area (Å²) in [6, 6.07) is 6.66. The van der Waals surface area contributed by atoms with Crippen LogP contribution in [0.4, 0.5) is 8.78 Å². The molecule has 1 heterocycles. The van der Waals surface area contributed by atoms with Crippen molar-refractivity contribution in [1.29, 1.82) is 0 Å². The highest BCUT2D eigenvalue weighted by Crippen LogP contribution is 2.33. The molecule has 1 N–H and O–H groups in total. The van der Waals surface area contributed by atoms with Crippen LogP contribution in [0.5, 0.6) is 5.75 Å². The van der Waals surface area contributed by atoms with E-state index in [-0.39, 0.29) is 5.75 Å². The minimum Gasteiger partial charge on any atom is -0.434 e. The molecule has 1 aromatic carbocycles. The van der Waals surface area contributed by atoms with Crippen molar-refractivity contribution in [2.75, 3.05) is 7.05 Å². The molecule has 18 heavy (non-hydrogen) atoms. The van der Waals surface area contributed by atoms with Crippen LogP contribution in [0.15, 0.2) is 30.5 Å². The van der Waals surface area contributed by atoms with Crippen molar-refractivity contribution in [3.63, 3.8) is 0 Å². The number of hydrogen-bond donors (Lipinski definition) is 1. The normalized spacial score (nSPS) is 10.9. The Morgan fingerprint density at radius 1 is 1.39 bits per heavy atom. The molecular weight excluding hydrogens is 258 g/mol. The Morgan fingerprint density at radius 2 is 2.17 bits per heavy atom. The SMILES string of the molecule is CNCc1cnc(-c2ccccc2OC(F)F)s1. The lowest BCUT2D eigenvalue weighted by Crippen LogP contribution is -2.03. The van der Waals surface area contributed by atoms with Crippen LogP contribution in [0.1, 0.15) is 4.88 Å². The number of thiazole rings is 1. The van der Waals surface area contributed by atoms with Gasteiger partial charge in [-0.15, -0.1) is 11.3 Å². The fourth-order valence-electron chi connectivity index (χ4n) is 1.53. The molecule has 6 heteroatoms. The topological polar surface area (TPSA) is 34.2 Å². The number of para-hydroxylation sites is 1. The lowest BCUT2D eigenvalue weighted by Gasteiger charge is -2.08. The molecular formula is C12H12F2N2OS. The van der Waals surface area contributed by atoms with Crippen molar-refractivity contribution in [1.82, 2.24) is 10.3 Å². The molecule has 0 aliphatic heterocycles. The number of aromatic nitrogens is 1. The van der Waals surface area contributed by atoms with Gasteiger partial charge in [0.1, 0.15) is 10.8 Å². The standard InChI is InChI=1S/C12H12F2N2OS/c1-15-6-8-7-16-11(18-8)9-4-2-3-5-10(9)17-12(13)14/h2-5,7,12,15H,6H2,1H3. The first-order valence-electron chi connectivity index (χ1n) is 5.34. The van der Waals surface area contributed by atoms with Crippen LogP contribution in [-0.2, 0) is 6.54 Å². The van der Waals surface area contributed by atoms with Crippen LogP contribution in [0.3, 0.4) is 0 Å². The largest absolute Gasteiger partial charge is 0.434 e. The zero-order chi connectivity index (χ0) is 13.0. The molecule has 2 rings (SSSR count). The van der Waals surface area contributed by atoms with Crippen LogP contribution in [0.2, 0.25) is 0 Å². The van der Waals surface area contributed by atoms with Gasteiger partial charge in [0.05, 0.1) is 5.56 Å². The van der Waals surface area contributed by atoms with Crippen molar-refractivity contribution < 1.29 is 13.5 Å². The van der Waals surface area contributed by atoms with Crippen LogP contribution >= 0.6 is 11.3 Å². The summed E-state index contributed by atoms with van der Waals surface area (Å²) in [7, 11) is 1.84. The van der Waals surface area contributed by atoms with Crippen LogP contribution < -0.4 is 10.1 Å². The van der Waals surface area contributed by atoms with Gasteiger partial charge >= 0.3 is 6.61 Å². The monoisotopic (exact) mass is 270 g/mol. The second kappa shape index (κ2) is 5.88. The molecule has 0 saturated carbocycles. The van der Waals surface area contributed by atoms with Crippen molar-refractivity contribution in [3.05, 3.63) is 35.3 Å². The average Bonchev–Trinajstić information content (AvgIpc) is 2.78. The molecule has 96 valence electrons. The summed E-state index contributed by atoms with van der Waals surface area (Å²) in [6.45, 7) is -2.13. The predicted molar refractivity (Wildman–Crippen MR) is 66.9 cm³/mol. The molecule has 0 amide bonds. The lowest BCUT2D eigenvalue weighted by atomic mass is 10.2. The fraction of sp³-hybridized carbons (Fsp3) is 0.250. The number of hydrogen-bond acceptors (Lipinski definition) is 4. The Hall–Kier alpha value is -1.53. The molecule has 0 aliphatic carbocycles. The summed E-state index contributed by atoms with van der Waals surface area (Å²) in [6.07, 6.45) is 1.73. The molecule has 0 aliphatic rings. The Kier molecular flexibility index (Phi) is 4.22. The van der Waals surface area contributed by atoms with Gasteiger partial charge in [0.2, 0.25) is 0 Å². The second-order valence-corrected chi connectivity index (χ2v) is 4.65. The maximum absolute atomic E-state index is 12.3. The van der Waals surface area contributed by atoms with Crippen molar-refractivity contribution in [2.24, 2.45) is 0 Å². The second-order valence-electron chi connectivity index (χ2n) is 3.54. The van der Waals surface area contributed by atoms with E-state index in [1.165, 1.54) is 17.4 Å². The van der Waals surface area contributed by atoms with Gasteiger partial charge in [-0.3, -0.25) is 0 Å². The first-order valence-corrected chi connectivity index (χ1v) is 6.16. The summed E-state index contributed by atoms with van der Waals surface area (Å²) in [5.41, 5.74) is 0.588. The molecule has 0 radical (unpaired) electrons. The van der Waals surface area contributed by atoms with Gasteiger partial charge in [-0.25, -0.2) is 4.98 Å². The van der Waals surface area contributed by atoms with E-state index in [0.717, 1.165) is 4.88 Å². The highest BCUT2D eigenvalue weighted by atomic mass is 32.1. The number of ether oxygens (including phenoxy) is 1. The third-order valence-electron chi connectivity index (χ3n) is 2.24. The molecule has 3 nitrogen and oxygen atoms in total. The highest BCUT2D eigenvalue weighted by molar-refractivity contribution is 7.15. The van der Waals surface area contributed by atoms with Gasteiger partial charge in [-0.1, -0.05) is 12.1 Å². The summed E-state index contributed by atoms with van der Waals surface area (Å²) >= 11 is 1.45. The molecule has 0 fully saturated rings. The van der Waals surface area contributed by atoms with E-state index in [1.807, 2.05) is 7.05 Å². The van der Waals surface area contributed by atoms with E-state index in [1.54, 1.807) is 24.4 Å². The van der Waals surface area contributed by atoms with Crippen molar-refractivity contribution in [2.45, 2.75) is 13.2 Å². The van der Waals surface area contributed by atoms with E-state index in [4.69, 9.17) is 0 Å². The molecule has 0 bridgehead atoms. The van der Waals surface area contributed by atoms with E-state index in [2.05, 4.69) is 15.0 Å². The van der Waals surface area contributed by atoms with Gasteiger partial charge in [-0.2, -0.15) is 8.78 Å². The molecule has 2 aromatic rings. The fourth-order valence-corrected chi connectivity index (χ4v) is 2.48. The minimum atomic E-state index is -2.83. The van der Waals surface area contributed by atoms with Crippen molar-refractivity contribution in [3.8, 4) is 16.3 Å². The molecule has 1 aromatic heterocycles. The number of nitrogens with zero attached hydrogens (tertiary/aromatic N) is 1. The van der Waals surface area contributed by atoms with Gasteiger partial charge in [0, 0.05) is 17.6 Å². The van der Waals surface area contributed by atoms with Gasteiger partial charge in [0.25, 0.3) is 0 Å². The Morgan fingerprint density at radius 3 is 2.89 bits per heavy atom. The van der Waals surface area contributed by atoms with Crippen LogP contribution in [-0.4, -0.2) is 18.6 Å². The summed E-state index contributed by atoms with van der Waals surface area (Å²) < 4.78 is 29.1. The Labute approximate surface area is 107 Å². The lowest BCUT2D eigenvalue weighted by molar-refractivity contribution is -0.0494. The van der Waals surface area contributed by atoms with Gasteiger partial charge in [-0.05, 0) is 19.2 Å². The van der Waals surface area contributed by atoms with E-state index < -0.39 is 6.61 Å². The first kappa shape index (κ1) is 12.9. The summed E-state index contributed by atoms with van der Waals surface area (Å²) in [5, 5.41) is 3.69. The molecule has 0 unspecified atom stereocenters. The maximum atomic E-state index is 12.3. The third-order valence-corrected chi connectivity index (χ3v) is 3.27. The number of benzene rings is 1. The van der Waals surface area contributed by atoms with E-state index >= 15 is 0 Å². The Balaban J connectivity index is 2.30. The van der Waals surface area contributed by atoms with E-state index in [0.29, 0.717) is 17.1 Å². The summed E-state index contributed by atoms with van der Waals surface area (Å²) in [4.78, 5) is 5.27. The van der Waals surface area contributed by atoms with Crippen molar-refractivity contribution >= 4 is 11.3 Å². The quantitative estimate of drug-likeness (QED) is 0.906. The highest BCUT2D eigenvalue weighted by Gasteiger charge is 2.13. The van der Waals surface area contributed by atoms with Crippen LogP contribution in [0, 0.1) is 0 Å². The number of rotatable bonds is 5. The first-order chi connectivity index (χ1) is 8.70. The van der Waals surface area contributed by atoms with E-state index in [9.17, 15) is 8.78 Å². The number of alkyl halides is 2. The summed E-state index contributed by atoms with van der Waals surface area (Å²) in [5.74, 6) is 0.151. The predicted octanol–water partition coefficient (Wildman–Crippen LogP) is 3.13. The zero-order valence-corrected chi connectivity index (χ0v) is 10.5. The van der Waals surface area contributed by atoms with Crippen LogP contribution in [0.25, 0.3) is 10.6 Å². The number of nitrogens with one attached hydrogen (secondary N) is 1. The molecule has 0 atom stereocenters. The van der Waals surface area contributed by atoms with Gasteiger partial charge < -0.3 is 10.1 Å². The minimum absolute atomic E-state index is 0.151. The molecule has 0 saturated heterocycles. The average molecular weight is 270 g/mol. The maximum Gasteiger partial charge on any atom is 0.387 e. The zero-order valence-electron chi connectivity index (χ0n) is 9.69. The number of halogens is 2. The van der Waals surface area contributed by atoms with Gasteiger partial charge in [0.15, 0.2) is 0 Å². The Bertz CT molecular complexity index is 516. The molecule has 0 spiro atoms. The smallest absolute Gasteiger partial charge is 0.387 e.